The van der Waals surface area contributed by atoms with E-state index < -0.39 is 28.0 Å². The average Bonchev–Trinajstić information content (AvgIpc) is 3.04. The maximum absolute atomic E-state index is 15.2. The second-order valence-electron chi connectivity index (χ2n) is 7.75. The van der Waals surface area contributed by atoms with Gasteiger partial charge in [0.05, 0.1) is 27.3 Å². The highest BCUT2D eigenvalue weighted by Crippen LogP contribution is 2.41. The first-order valence-corrected chi connectivity index (χ1v) is 11.3. The molecule has 1 aromatic carbocycles. The van der Waals surface area contributed by atoms with Crippen LogP contribution in [-0.4, -0.2) is 25.7 Å². The lowest BCUT2D eigenvalue weighted by molar-refractivity contribution is -0.0367. The first kappa shape index (κ1) is 21.3. The summed E-state index contributed by atoms with van der Waals surface area (Å²) in [5.41, 5.74) is 0.962. The zero-order chi connectivity index (χ0) is 19.9. The second kappa shape index (κ2) is 8.16. The number of aromatic nitrogens is 2. The van der Waals surface area contributed by atoms with Crippen molar-refractivity contribution in [1.29, 1.82) is 0 Å². The fourth-order valence-electron chi connectivity index (χ4n) is 3.15. The SMILES string of the molecule is C[C@H](N[S+]([O-])C(C)(C)C)c1c(F)c(Cl)c(Br)c2cnn([C@@H]3CCCCO3)c12. The molecular weight excluding hydrogens is 457 g/mol. The van der Waals surface area contributed by atoms with Gasteiger partial charge in [-0.05, 0) is 62.9 Å². The molecule has 0 spiro atoms. The summed E-state index contributed by atoms with van der Waals surface area (Å²) in [7, 11) is 0. The largest absolute Gasteiger partial charge is 0.598 e. The fraction of sp³-hybridized carbons (Fsp3) is 0.611. The first-order valence-electron chi connectivity index (χ1n) is 8.96. The lowest BCUT2D eigenvalue weighted by atomic mass is 10.0. The van der Waals surface area contributed by atoms with Gasteiger partial charge in [-0.15, -0.1) is 4.72 Å². The van der Waals surface area contributed by atoms with Crippen molar-refractivity contribution in [3.05, 3.63) is 27.1 Å². The van der Waals surface area contributed by atoms with Crippen LogP contribution in [-0.2, 0) is 16.1 Å². The van der Waals surface area contributed by atoms with Gasteiger partial charge in [0.2, 0.25) is 0 Å². The Morgan fingerprint density at radius 2 is 2.19 bits per heavy atom. The molecule has 1 saturated heterocycles. The molecule has 3 atom stereocenters. The van der Waals surface area contributed by atoms with E-state index in [9.17, 15) is 4.55 Å². The Labute approximate surface area is 175 Å². The third-order valence-corrected chi connectivity index (χ3v) is 7.70. The number of fused-ring (bicyclic) bond motifs is 1. The fourth-order valence-corrected chi connectivity index (χ4v) is 4.61. The van der Waals surface area contributed by atoms with Gasteiger partial charge in [0.25, 0.3) is 0 Å². The minimum absolute atomic E-state index is 0.00296. The maximum atomic E-state index is 15.2. The highest BCUT2D eigenvalue weighted by Gasteiger charge is 2.33. The van der Waals surface area contributed by atoms with Crippen molar-refractivity contribution in [2.24, 2.45) is 0 Å². The van der Waals surface area contributed by atoms with Crippen LogP contribution in [0.25, 0.3) is 10.9 Å². The number of hydrogen-bond donors (Lipinski definition) is 1. The van der Waals surface area contributed by atoms with E-state index in [4.69, 9.17) is 16.3 Å². The summed E-state index contributed by atoms with van der Waals surface area (Å²) in [6.07, 6.45) is 4.27. The summed E-state index contributed by atoms with van der Waals surface area (Å²) in [4.78, 5) is 0. The Morgan fingerprint density at radius 1 is 1.48 bits per heavy atom. The van der Waals surface area contributed by atoms with E-state index in [1.165, 1.54) is 0 Å². The Morgan fingerprint density at radius 3 is 2.78 bits per heavy atom. The Bertz CT molecular complexity index is 836. The number of nitrogens with zero attached hydrogens (tertiary/aromatic N) is 2. The van der Waals surface area contributed by atoms with Crippen LogP contribution < -0.4 is 4.72 Å². The molecule has 1 aliphatic heterocycles. The number of rotatable bonds is 4. The molecule has 1 aliphatic rings. The molecular formula is C18H24BrClFN3O2S. The van der Waals surface area contributed by atoms with Crippen molar-refractivity contribution >= 4 is 49.8 Å². The summed E-state index contributed by atoms with van der Waals surface area (Å²) in [6, 6.07) is -0.530. The summed E-state index contributed by atoms with van der Waals surface area (Å²) in [5, 5.41) is 5.17. The zero-order valence-electron chi connectivity index (χ0n) is 15.8. The van der Waals surface area contributed by atoms with Gasteiger partial charge in [0, 0.05) is 28.9 Å². The molecule has 5 nitrogen and oxygen atoms in total. The van der Waals surface area contributed by atoms with E-state index in [1.54, 1.807) is 17.8 Å². The van der Waals surface area contributed by atoms with Crippen molar-refractivity contribution in [3.63, 3.8) is 0 Å². The minimum Gasteiger partial charge on any atom is -0.598 e. The zero-order valence-corrected chi connectivity index (χ0v) is 19.0. The van der Waals surface area contributed by atoms with Crippen LogP contribution in [0.3, 0.4) is 0 Å². The van der Waals surface area contributed by atoms with Crippen molar-refractivity contribution in [2.45, 2.75) is 64.0 Å². The summed E-state index contributed by atoms with van der Waals surface area (Å²) in [5.74, 6) is -0.542. The normalized spacial score (nSPS) is 20.8. The molecule has 0 radical (unpaired) electrons. The molecule has 0 bridgehead atoms. The Hall–Kier alpha value is -0.380. The van der Waals surface area contributed by atoms with E-state index >= 15 is 4.39 Å². The van der Waals surface area contributed by atoms with Crippen LogP contribution in [0.1, 0.15) is 64.8 Å². The van der Waals surface area contributed by atoms with Crippen LogP contribution in [0.2, 0.25) is 5.02 Å². The van der Waals surface area contributed by atoms with E-state index in [0.717, 1.165) is 19.3 Å². The van der Waals surface area contributed by atoms with Crippen molar-refractivity contribution in [2.75, 3.05) is 6.61 Å². The molecule has 1 unspecified atom stereocenters. The number of nitrogens with one attached hydrogen (secondary N) is 1. The van der Waals surface area contributed by atoms with Crippen molar-refractivity contribution < 1.29 is 13.7 Å². The predicted molar refractivity (Wildman–Crippen MR) is 111 cm³/mol. The molecule has 0 saturated carbocycles. The number of benzene rings is 1. The van der Waals surface area contributed by atoms with Crippen LogP contribution >= 0.6 is 27.5 Å². The Balaban J connectivity index is 2.13. The lowest BCUT2D eigenvalue weighted by Crippen LogP contribution is -2.40. The molecule has 27 heavy (non-hydrogen) atoms. The highest BCUT2D eigenvalue weighted by molar-refractivity contribution is 9.10. The summed E-state index contributed by atoms with van der Waals surface area (Å²) >= 11 is 8.26. The van der Waals surface area contributed by atoms with E-state index in [-0.39, 0.29) is 11.3 Å². The molecule has 1 fully saturated rings. The number of ether oxygens (including phenoxy) is 1. The van der Waals surface area contributed by atoms with Crippen LogP contribution in [0.5, 0.6) is 0 Å². The molecule has 3 rings (SSSR count). The molecule has 0 amide bonds. The van der Waals surface area contributed by atoms with Gasteiger partial charge in [0.15, 0.2) is 6.23 Å². The Kier molecular flexibility index (Phi) is 6.45. The summed E-state index contributed by atoms with van der Waals surface area (Å²) < 4.78 is 38.4. The molecule has 9 heteroatoms. The minimum atomic E-state index is -1.36. The average molecular weight is 481 g/mol. The monoisotopic (exact) mass is 479 g/mol. The van der Waals surface area contributed by atoms with Gasteiger partial charge in [-0.1, -0.05) is 11.6 Å². The topological polar surface area (TPSA) is 62.1 Å². The van der Waals surface area contributed by atoms with Gasteiger partial charge in [-0.3, -0.25) is 0 Å². The predicted octanol–water partition coefficient (Wildman–Crippen LogP) is 5.40. The lowest BCUT2D eigenvalue weighted by Gasteiger charge is -2.28. The van der Waals surface area contributed by atoms with Gasteiger partial charge >= 0.3 is 0 Å². The van der Waals surface area contributed by atoms with Gasteiger partial charge < -0.3 is 9.29 Å². The third kappa shape index (κ3) is 4.16. The quantitative estimate of drug-likeness (QED) is 0.470. The number of hydrogen-bond acceptors (Lipinski definition) is 4. The van der Waals surface area contributed by atoms with Gasteiger partial charge in [0.1, 0.15) is 10.6 Å². The smallest absolute Gasteiger partial charge is 0.150 e. The maximum Gasteiger partial charge on any atom is 0.150 e. The molecule has 150 valence electrons. The van der Waals surface area contributed by atoms with E-state index in [2.05, 4.69) is 25.8 Å². The third-order valence-electron chi connectivity index (χ3n) is 4.61. The van der Waals surface area contributed by atoms with Crippen molar-refractivity contribution in [1.82, 2.24) is 14.5 Å². The number of halogens is 3. The van der Waals surface area contributed by atoms with Gasteiger partial charge in [-0.25, -0.2) is 9.07 Å². The second-order valence-corrected chi connectivity index (χ2v) is 10.9. The van der Waals surface area contributed by atoms with Crippen molar-refractivity contribution in [3.8, 4) is 0 Å². The highest BCUT2D eigenvalue weighted by atomic mass is 79.9. The molecule has 1 aromatic heterocycles. The molecule has 1 N–H and O–H groups in total. The standard InChI is InChI=1S/C18H24BrClFN3O2S/c1-10(23-27(25)18(2,3)4)13-16(21)15(20)14(19)11-9-22-24(17(11)13)12-7-5-6-8-26-12/h9-10,12,23H,5-8H2,1-4H3/t10-,12-,27?/m0/s1. The van der Waals surface area contributed by atoms with Gasteiger partial charge in [-0.2, -0.15) is 5.10 Å². The van der Waals surface area contributed by atoms with Crippen LogP contribution in [0.4, 0.5) is 4.39 Å². The molecule has 0 aliphatic carbocycles. The van der Waals surface area contributed by atoms with E-state index in [1.807, 2.05) is 20.8 Å². The summed E-state index contributed by atoms with van der Waals surface area (Å²) in [6.45, 7) is 8.03. The first-order chi connectivity index (χ1) is 12.6. The van der Waals surface area contributed by atoms with E-state index in [0.29, 0.717) is 27.5 Å². The molecule has 2 aromatic rings. The van der Waals surface area contributed by atoms with Crippen LogP contribution in [0.15, 0.2) is 10.7 Å². The molecule has 2 heterocycles. The van der Waals surface area contributed by atoms with Crippen LogP contribution in [0, 0.1) is 5.82 Å².